The second-order valence-electron chi connectivity index (χ2n) is 2.61. The molecule has 1 aliphatic rings. The minimum atomic E-state index is 0. The Morgan fingerprint density at radius 2 is 2.11 bits per heavy atom. The van der Waals surface area contributed by atoms with Crippen molar-refractivity contribution in [3.8, 4) is 0 Å². The molecule has 0 radical (unpaired) electrons. The average molecular weight is 149 g/mol. The van der Waals surface area contributed by atoms with Crippen LogP contribution in [-0.2, 0) is 4.79 Å². The summed E-state index contributed by atoms with van der Waals surface area (Å²) in [6.45, 7) is 2.03. The van der Waals surface area contributed by atoms with Crippen molar-refractivity contribution in [2.45, 2.75) is 32.6 Å². The first-order valence-corrected chi connectivity index (χ1v) is 3.33. The van der Waals surface area contributed by atoms with Gasteiger partial charge in [0, 0.05) is 12.3 Å². The molecule has 1 nitrogen and oxygen atoms in total. The van der Waals surface area contributed by atoms with E-state index >= 15 is 0 Å². The van der Waals surface area contributed by atoms with Crippen molar-refractivity contribution in [1.82, 2.24) is 0 Å². The molecule has 1 unspecified atom stereocenters. The van der Waals surface area contributed by atoms with E-state index in [9.17, 15) is 4.79 Å². The van der Waals surface area contributed by atoms with Gasteiger partial charge in [0.2, 0.25) is 0 Å². The van der Waals surface area contributed by atoms with Crippen LogP contribution in [0.5, 0.6) is 0 Å². The fraction of sp³-hybridized carbons (Fsp3) is 0.857. The summed E-state index contributed by atoms with van der Waals surface area (Å²) in [4.78, 5) is 10.8. The minimum Gasteiger partial charge on any atom is -0.299 e. The summed E-state index contributed by atoms with van der Waals surface area (Å²) in [5.41, 5.74) is 0. The topological polar surface area (TPSA) is 17.1 Å². The van der Waals surface area contributed by atoms with E-state index in [-0.39, 0.29) is 12.4 Å². The first-order chi connectivity index (χ1) is 3.80. The molecule has 1 saturated carbocycles. The molecule has 0 aromatic heterocycles. The third-order valence-electron chi connectivity index (χ3n) is 1.86. The maximum Gasteiger partial charge on any atom is 0.135 e. The maximum atomic E-state index is 10.8. The first kappa shape index (κ1) is 8.96. The smallest absolute Gasteiger partial charge is 0.135 e. The summed E-state index contributed by atoms with van der Waals surface area (Å²) in [6, 6.07) is 0. The van der Waals surface area contributed by atoms with Crippen molar-refractivity contribution in [2.24, 2.45) is 5.92 Å². The summed E-state index contributed by atoms with van der Waals surface area (Å²) in [5, 5.41) is 0. The Kier molecular flexibility index (Phi) is 3.87. The molecule has 0 bridgehead atoms. The lowest BCUT2D eigenvalue weighted by Gasteiger charge is -2.14. The summed E-state index contributed by atoms with van der Waals surface area (Å²) in [7, 11) is 0. The molecular formula is C7H13ClO. The molecule has 0 heterocycles. The molecule has 54 valence electrons. The average Bonchev–Trinajstić information content (AvgIpc) is 1.77. The number of carbonyl (C=O) groups is 1. The van der Waals surface area contributed by atoms with Gasteiger partial charge in [0.15, 0.2) is 0 Å². The van der Waals surface area contributed by atoms with Crippen LogP contribution in [-0.4, -0.2) is 5.78 Å². The van der Waals surface area contributed by atoms with Crippen LogP contribution in [0.3, 0.4) is 0 Å². The molecule has 0 saturated heterocycles. The van der Waals surface area contributed by atoms with Crippen LogP contribution in [0.25, 0.3) is 0 Å². The molecule has 2 heteroatoms. The molecule has 0 aliphatic heterocycles. The van der Waals surface area contributed by atoms with E-state index in [4.69, 9.17) is 0 Å². The molecule has 0 amide bonds. The van der Waals surface area contributed by atoms with Crippen LogP contribution in [0.2, 0.25) is 0 Å². The number of hydrogen-bond acceptors (Lipinski definition) is 1. The normalized spacial score (nSPS) is 27.2. The number of carbonyl (C=O) groups excluding carboxylic acids is 1. The van der Waals surface area contributed by atoms with Crippen LogP contribution < -0.4 is 0 Å². The van der Waals surface area contributed by atoms with E-state index in [0.29, 0.717) is 11.7 Å². The highest BCUT2D eigenvalue weighted by molar-refractivity contribution is 5.85. The van der Waals surface area contributed by atoms with E-state index in [2.05, 4.69) is 0 Å². The number of halogens is 1. The number of rotatable bonds is 0. The molecule has 0 aromatic carbocycles. The second-order valence-corrected chi connectivity index (χ2v) is 2.61. The van der Waals surface area contributed by atoms with Crippen molar-refractivity contribution in [3.05, 3.63) is 0 Å². The van der Waals surface area contributed by atoms with Gasteiger partial charge in [-0.3, -0.25) is 4.79 Å². The highest BCUT2D eigenvalue weighted by atomic mass is 35.5. The Hall–Kier alpha value is -0.0400. The highest BCUT2D eigenvalue weighted by Gasteiger charge is 2.16. The third-order valence-corrected chi connectivity index (χ3v) is 1.86. The van der Waals surface area contributed by atoms with Gasteiger partial charge in [0.05, 0.1) is 0 Å². The molecular weight excluding hydrogens is 136 g/mol. The van der Waals surface area contributed by atoms with Crippen molar-refractivity contribution in [2.75, 3.05) is 0 Å². The number of hydrogen-bond donors (Lipinski definition) is 0. The van der Waals surface area contributed by atoms with Gasteiger partial charge in [-0.1, -0.05) is 13.3 Å². The van der Waals surface area contributed by atoms with Crippen LogP contribution in [0, 0.1) is 5.92 Å². The molecule has 0 N–H and O–H groups in total. The largest absolute Gasteiger partial charge is 0.299 e. The van der Waals surface area contributed by atoms with Gasteiger partial charge in [-0.05, 0) is 12.8 Å². The summed E-state index contributed by atoms with van der Waals surface area (Å²) < 4.78 is 0. The van der Waals surface area contributed by atoms with E-state index in [1.165, 1.54) is 6.42 Å². The lowest BCUT2D eigenvalue weighted by atomic mass is 9.90. The monoisotopic (exact) mass is 148 g/mol. The fourth-order valence-electron chi connectivity index (χ4n) is 1.16. The molecule has 1 rings (SSSR count). The van der Waals surface area contributed by atoms with Gasteiger partial charge in [-0.2, -0.15) is 0 Å². The van der Waals surface area contributed by atoms with Gasteiger partial charge in [-0.15, -0.1) is 12.4 Å². The standard InChI is InChI=1S/C7H12O.ClH/c1-6-4-2-3-5-7(6)8;/h6H,2-5H2,1H3;1H. The van der Waals surface area contributed by atoms with Crippen LogP contribution in [0.4, 0.5) is 0 Å². The Labute approximate surface area is 62.2 Å². The predicted molar refractivity (Wildman–Crippen MR) is 39.9 cm³/mol. The Bertz CT molecular complexity index is 101. The van der Waals surface area contributed by atoms with Crippen molar-refractivity contribution < 1.29 is 4.79 Å². The number of ketones is 1. The summed E-state index contributed by atoms with van der Waals surface area (Å²) >= 11 is 0. The van der Waals surface area contributed by atoms with Crippen molar-refractivity contribution in [3.63, 3.8) is 0 Å². The predicted octanol–water partition coefficient (Wildman–Crippen LogP) is 2.19. The lowest BCUT2D eigenvalue weighted by molar-refractivity contribution is -0.123. The molecule has 9 heavy (non-hydrogen) atoms. The van der Waals surface area contributed by atoms with Gasteiger partial charge in [0.25, 0.3) is 0 Å². The van der Waals surface area contributed by atoms with Gasteiger partial charge in [0.1, 0.15) is 5.78 Å². The van der Waals surface area contributed by atoms with E-state index in [1.54, 1.807) is 0 Å². The summed E-state index contributed by atoms with van der Waals surface area (Å²) in [5.74, 6) is 0.833. The highest BCUT2D eigenvalue weighted by Crippen LogP contribution is 2.18. The quantitative estimate of drug-likeness (QED) is 0.515. The third kappa shape index (κ3) is 2.35. The number of Topliss-reactive ketones (excluding diaryl/α,β-unsaturated/α-hetero) is 1. The minimum absolute atomic E-state index is 0. The van der Waals surface area contributed by atoms with Gasteiger partial charge < -0.3 is 0 Å². The van der Waals surface area contributed by atoms with Crippen molar-refractivity contribution in [1.29, 1.82) is 0 Å². The Morgan fingerprint density at radius 3 is 2.44 bits per heavy atom. The van der Waals surface area contributed by atoms with Crippen molar-refractivity contribution >= 4 is 18.2 Å². The molecule has 1 fully saturated rings. The lowest BCUT2D eigenvalue weighted by Crippen LogP contribution is -2.14. The zero-order chi connectivity index (χ0) is 5.98. The van der Waals surface area contributed by atoms with Crippen LogP contribution in [0.15, 0.2) is 0 Å². The zero-order valence-corrected chi connectivity index (χ0v) is 6.54. The van der Waals surface area contributed by atoms with Gasteiger partial charge >= 0.3 is 0 Å². The van der Waals surface area contributed by atoms with E-state index in [1.807, 2.05) is 6.92 Å². The Morgan fingerprint density at radius 1 is 1.44 bits per heavy atom. The molecule has 1 atom stereocenters. The molecule has 0 spiro atoms. The van der Waals surface area contributed by atoms with Gasteiger partial charge in [-0.25, -0.2) is 0 Å². The van der Waals surface area contributed by atoms with Crippen LogP contribution >= 0.6 is 12.4 Å². The van der Waals surface area contributed by atoms with E-state index < -0.39 is 0 Å². The zero-order valence-electron chi connectivity index (χ0n) is 5.72. The maximum absolute atomic E-state index is 10.8. The summed E-state index contributed by atoms with van der Waals surface area (Å²) in [6.07, 6.45) is 4.34. The van der Waals surface area contributed by atoms with Crippen LogP contribution in [0.1, 0.15) is 32.6 Å². The SMILES string of the molecule is CC1CCCCC1=O.Cl. The first-order valence-electron chi connectivity index (χ1n) is 3.33. The molecule has 1 aliphatic carbocycles. The fourth-order valence-corrected chi connectivity index (χ4v) is 1.16. The molecule has 0 aromatic rings. The van der Waals surface area contributed by atoms with E-state index in [0.717, 1.165) is 19.3 Å². The Balaban J connectivity index is 0.000000640. The second kappa shape index (κ2) is 3.89.